The van der Waals surface area contributed by atoms with Gasteiger partial charge in [0.05, 0.1) is 5.41 Å². The van der Waals surface area contributed by atoms with Gasteiger partial charge in [-0.2, -0.15) is 0 Å². The van der Waals surface area contributed by atoms with E-state index in [0.717, 1.165) is 17.1 Å². The number of benzene rings is 10. The molecule has 54 heavy (non-hydrogen) atoms. The number of hydrogen-bond donors (Lipinski definition) is 0. The van der Waals surface area contributed by atoms with Gasteiger partial charge in [0.25, 0.3) is 0 Å². The van der Waals surface area contributed by atoms with Crippen LogP contribution in [0, 0.1) is 0 Å². The van der Waals surface area contributed by atoms with Crippen molar-refractivity contribution in [2.45, 2.75) is 5.41 Å². The summed E-state index contributed by atoms with van der Waals surface area (Å²) in [5.41, 5.74) is 13.7. The molecule has 0 aliphatic heterocycles. The summed E-state index contributed by atoms with van der Waals surface area (Å²) < 4.78 is 0. The van der Waals surface area contributed by atoms with E-state index < -0.39 is 5.41 Å². The zero-order valence-electron chi connectivity index (χ0n) is 29.5. The van der Waals surface area contributed by atoms with Crippen molar-refractivity contribution in [2.75, 3.05) is 4.90 Å². The summed E-state index contributed by atoms with van der Waals surface area (Å²) in [5, 5.41) is 10.1. The van der Waals surface area contributed by atoms with Crippen molar-refractivity contribution < 1.29 is 0 Å². The van der Waals surface area contributed by atoms with Gasteiger partial charge < -0.3 is 4.90 Å². The Morgan fingerprint density at radius 3 is 1.15 bits per heavy atom. The van der Waals surface area contributed by atoms with E-state index in [1.54, 1.807) is 0 Å². The molecule has 10 aromatic rings. The smallest absolute Gasteiger partial charge is 0.0726 e. The monoisotopic (exact) mass is 683 g/mol. The summed E-state index contributed by atoms with van der Waals surface area (Å²) in [6.45, 7) is 0. The van der Waals surface area contributed by atoms with Crippen LogP contribution < -0.4 is 4.90 Å². The topological polar surface area (TPSA) is 3.24 Å². The Labute approximate surface area is 314 Å². The van der Waals surface area contributed by atoms with E-state index >= 15 is 0 Å². The number of rotatable bonds is 3. The number of fused-ring (bicyclic) bond motifs is 16. The summed E-state index contributed by atoms with van der Waals surface area (Å²) in [5.74, 6) is 0. The van der Waals surface area contributed by atoms with Gasteiger partial charge in [-0.3, -0.25) is 0 Å². The van der Waals surface area contributed by atoms with Crippen LogP contribution in [0.5, 0.6) is 0 Å². The lowest BCUT2D eigenvalue weighted by molar-refractivity contribution is 0.793. The minimum absolute atomic E-state index is 0.411. The lowest BCUT2D eigenvalue weighted by Gasteiger charge is -2.32. The third-order valence-electron chi connectivity index (χ3n) is 12.2. The third-order valence-corrected chi connectivity index (χ3v) is 12.2. The predicted molar refractivity (Wildman–Crippen MR) is 227 cm³/mol. The molecule has 0 radical (unpaired) electrons. The van der Waals surface area contributed by atoms with E-state index in [-0.39, 0.29) is 0 Å². The highest BCUT2D eigenvalue weighted by Gasteiger charge is 2.51. The van der Waals surface area contributed by atoms with Crippen molar-refractivity contribution >= 4 is 60.2 Å². The van der Waals surface area contributed by atoms with Crippen molar-refractivity contribution in [3.05, 3.63) is 222 Å². The largest absolute Gasteiger partial charge is 0.310 e. The second-order valence-electron chi connectivity index (χ2n) is 14.8. The lowest BCUT2D eigenvalue weighted by Crippen LogP contribution is -2.26. The molecule has 0 saturated carbocycles. The van der Waals surface area contributed by atoms with Gasteiger partial charge in [0, 0.05) is 17.1 Å². The molecule has 250 valence electrons. The molecule has 2 aliphatic carbocycles. The standard InChI is InChI=1S/C53H33N/c1-3-13-41-34(11-1)21-23-36-31-38(25-28-43(36)41)54(39-26-29-44-37(32-39)24-22-35-12-2-4-14-42(35)44)40-27-30-48-47-17-7-10-20-51(47)53(52(48)33-40)49-18-8-5-15-45(49)46-16-6-9-19-50(46)53/h1-33H. The highest BCUT2D eigenvalue weighted by molar-refractivity contribution is 6.10. The first kappa shape index (κ1) is 29.6. The van der Waals surface area contributed by atoms with Crippen LogP contribution in [-0.4, -0.2) is 0 Å². The van der Waals surface area contributed by atoms with E-state index in [9.17, 15) is 0 Å². The van der Waals surface area contributed by atoms with Crippen molar-refractivity contribution in [3.8, 4) is 22.3 Å². The Hall–Kier alpha value is -6.96. The fraction of sp³-hybridized carbons (Fsp3) is 0.0189. The number of hydrogen-bond acceptors (Lipinski definition) is 1. The highest BCUT2D eigenvalue weighted by atomic mass is 15.1. The Morgan fingerprint density at radius 2 is 0.630 bits per heavy atom. The number of anilines is 3. The third kappa shape index (κ3) is 3.93. The van der Waals surface area contributed by atoms with E-state index in [0.29, 0.717) is 0 Å². The van der Waals surface area contributed by atoms with Crippen LogP contribution in [0.25, 0.3) is 65.3 Å². The maximum atomic E-state index is 2.49. The van der Waals surface area contributed by atoms with E-state index in [1.807, 2.05) is 0 Å². The molecule has 1 heteroatoms. The first-order chi connectivity index (χ1) is 26.8. The Kier molecular flexibility index (Phi) is 6.04. The molecule has 0 atom stereocenters. The maximum absolute atomic E-state index is 2.49. The van der Waals surface area contributed by atoms with Gasteiger partial charge in [-0.05, 0) is 124 Å². The maximum Gasteiger partial charge on any atom is 0.0726 e. The molecule has 1 spiro atoms. The average molecular weight is 684 g/mol. The van der Waals surface area contributed by atoms with Gasteiger partial charge in [0.2, 0.25) is 0 Å². The molecule has 0 aromatic heterocycles. The summed E-state index contributed by atoms with van der Waals surface area (Å²) in [7, 11) is 0. The molecule has 0 bridgehead atoms. The van der Waals surface area contributed by atoms with Crippen LogP contribution in [0.4, 0.5) is 17.1 Å². The van der Waals surface area contributed by atoms with Crippen molar-refractivity contribution in [3.63, 3.8) is 0 Å². The van der Waals surface area contributed by atoms with Crippen LogP contribution in [0.3, 0.4) is 0 Å². The second-order valence-corrected chi connectivity index (χ2v) is 14.8. The van der Waals surface area contributed by atoms with Gasteiger partial charge >= 0.3 is 0 Å². The zero-order chi connectivity index (χ0) is 35.4. The highest BCUT2D eigenvalue weighted by Crippen LogP contribution is 2.63. The van der Waals surface area contributed by atoms with Gasteiger partial charge in [-0.15, -0.1) is 0 Å². The normalized spacial score (nSPS) is 13.3. The van der Waals surface area contributed by atoms with Crippen molar-refractivity contribution in [1.82, 2.24) is 0 Å². The second kappa shape index (κ2) is 11.0. The molecule has 0 amide bonds. The fourth-order valence-corrected chi connectivity index (χ4v) is 9.95. The quantitative estimate of drug-likeness (QED) is 0.168. The van der Waals surface area contributed by atoms with Crippen LogP contribution in [0.1, 0.15) is 22.3 Å². The molecule has 0 unspecified atom stereocenters. The summed E-state index contributed by atoms with van der Waals surface area (Å²) >= 11 is 0. The fourth-order valence-electron chi connectivity index (χ4n) is 9.95. The van der Waals surface area contributed by atoms with Crippen LogP contribution in [0.2, 0.25) is 0 Å². The summed E-state index contributed by atoms with van der Waals surface area (Å²) in [6, 6.07) is 74.7. The zero-order valence-corrected chi connectivity index (χ0v) is 29.5. The van der Waals surface area contributed by atoms with Crippen LogP contribution in [-0.2, 0) is 5.41 Å². The van der Waals surface area contributed by atoms with Gasteiger partial charge in [0.1, 0.15) is 0 Å². The Balaban J connectivity index is 1.13. The van der Waals surface area contributed by atoms with Crippen LogP contribution in [0.15, 0.2) is 200 Å². The molecular formula is C53H33N. The molecule has 0 fully saturated rings. The predicted octanol–water partition coefficient (Wildman–Crippen LogP) is 14.1. The molecule has 0 saturated heterocycles. The summed E-state index contributed by atoms with van der Waals surface area (Å²) in [4.78, 5) is 2.47. The first-order valence-electron chi connectivity index (χ1n) is 18.8. The van der Waals surface area contributed by atoms with E-state index in [2.05, 4.69) is 205 Å². The molecule has 12 rings (SSSR count). The Bertz CT molecular complexity index is 3000. The Morgan fingerprint density at radius 1 is 0.259 bits per heavy atom. The molecule has 1 nitrogen and oxygen atoms in total. The van der Waals surface area contributed by atoms with E-state index in [1.165, 1.54) is 87.6 Å². The van der Waals surface area contributed by atoms with Gasteiger partial charge in [-0.25, -0.2) is 0 Å². The minimum Gasteiger partial charge on any atom is -0.310 e. The van der Waals surface area contributed by atoms with Crippen LogP contribution >= 0.6 is 0 Å². The lowest BCUT2D eigenvalue weighted by atomic mass is 9.70. The van der Waals surface area contributed by atoms with Crippen molar-refractivity contribution in [1.29, 1.82) is 0 Å². The molecule has 10 aromatic carbocycles. The minimum atomic E-state index is -0.411. The summed E-state index contributed by atoms with van der Waals surface area (Å²) in [6.07, 6.45) is 0. The first-order valence-corrected chi connectivity index (χ1v) is 18.8. The van der Waals surface area contributed by atoms with E-state index in [4.69, 9.17) is 0 Å². The SMILES string of the molecule is c1ccc2c(c1)-c1ccccc1C21c2ccccc2-c2ccc(N(c3ccc4c(ccc5ccccc54)c3)c3ccc4c(ccc5ccccc54)c3)cc21. The molecule has 0 heterocycles. The number of nitrogens with zero attached hydrogens (tertiary/aromatic N) is 1. The molecular weight excluding hydrogens is 651 g/mol. The average Bonchev–Trinajstić information content (AvgIpc) is 3.71. The van der Waals surface area contributed by atoms with Crippen molar-refractivity contribution in [2.24, 2.45) is 0 Å². The molecule has 0 N–H and O–H groups in total. The molecule has 2 aliphatic rings. The van der Waals surface area contributed by atoms with Gasteiger partial charge in [-0.1, -0.05) is 164 Å². The van der Waals surface area contributed by atoms with Gasteiger partial charge in [0.15, 0.2) is 0 Å².